The third-order valence-corrected chi connectivity index (χ3v) is 2.35. The van der Waals surface area contributed by atoms with E-state index in [1.165, 1.54) is 0 Å². The zero-order chi connectivity index (χ0) is 9.80. The minimum absolute atomic E-state index is 0.0823. The molecule has 0 atom stereocenters. The quantitative estimate of drug-likeness (QED) is 0.669. The van der Waals surface area contributed by atoms with Gasteiger partial charge >= 0.3 is 0 Å². The van der Waals surface area contributed by atoms with Crippen molar-refractivity contribution in [2.45, 2.75) is 12.8 Å². The van der Waals surface area contributed by atoms with E-state index < -0.39 is 0 Å². The maximum Gasteiger partial charge on any atom is 0.246 e. The van der Waals surface area contributed by atoms with Crippen molar-refractivity contribution in [2.75, 3.05) is 13.1 Å². The lowest BCUT2D eigenvalue weighted by molar-refractivity contribution is -0.124. The molecule has 1 aliphatic heterocycles. The van der Waals surface area contributed by atoms with E-state index in [9.17, 15) is 4.79 Å². The van der Waals surface area contributed by atoms with Crippen LogP contribution < -0.4 is 0 Å². The van der Waals surface area contributed by atoms with Crippen LogP contribution in [0.25, 0.3) is 6.08 Å². The molecule has 0 bridgehead atoms. The topological polar surface area (TPSA) is 33.5 Å². The van der Waals surface area contributed by atoms with Gasteiger partial charge in [-0.3, -0.25) is 4.79 Å². The molecule has 74 valence electrons. The summed E-state index contributed by atoms with van der Waals surface area (Å²) in [6.07, 6.45) is 7.13. The van der Waals surface area contributed by atoms with Crippen LogP contribution in [0.3, 0.4) is 0 Å². The van der Waals surface area contributed by atoms with Crippen LogP contribution in [0.4, 0.5) is 0 Å². The minimum atomic E-state index is 0.0823. The number of likely N-dealkylation sites (tertiary alicyclic amines) is 1. The number of amides is 1. The van der Waals surface area contributed by atoms with E-state index >= 15 is 0 Å². The molecule has 1 aromatic heterocycles. The maximum atomic E-state index is 11.5. The van der Waals surface area contributed by atoms with Gasteiger partial charge in [-0.1, -0.05) is 0 Å². The summed E-state index contributed by atoms with van der Waals surface area (Å²) >= 11 is 0. The predicted molar refractivity (Wildman–Crippen MR) is 53.6 cm³/mol. The second-order valence-corrected chi connectivity index (χ2v) is 3.38. The molecule has 1 saturated heterocycles. The van der Waals surface area contributed by atoms with Crippen LogP contribution in [0.1, 0.15) is 18.6 Å². The summed E-state index contributed by atoms with van der Waals surface area (Å²) in [7, 11) is 0. The highest BCUT2D eigenvalue weighted by molar-refractivity contribution is 5.91. The number of hydrogen-bond acceptors (Lipinski definition) is 2. The van der Waals surface area contributed by atoms with Crippen molar-refractivity contribution in [3.8, 4) is 0 Å². The van der Waals surface area contributed by atoms with Crippen molar-refractivity contribution < 1.29 is 9.21 Å². The smallest absolute Gasteiger partial charge is 0.246 e. The van der Waals surface area contributed by atoms with E-state index in [4.69, 9.17) is 4.42 Å². The number of furan rings is 1. The van der Waals surface area contributed by atoms with Crippen molar-refractivity contribution in [1.29, 1.82) is 0 Å². The van der Waals surface area contributed by atoms with Gasteiger partial charge in [-0.15, -0.1) is 0 Å². The first kappa shape index (κ1) is 9.06. The molecule has 0 spiro atoms. The van der Waals surface area contributed by atoms with E-state index in [1.54, 1.807) is 24.5 Å². The summed E-state index contributed by atoms with van der Waals surface area (Å²) in [5, 5.41) is 0. The number of carbonyl (C=O) groups is 1. The lowest BCUT2D eigenvalue weighted by Gasteiger charge is -2.11. The van der Waals surface area contributed by atoms with Crippen molar-refractivity contribution in [3.63, 3.8) is 0 Å². The Bertz CT molecular complexity index is 321. The molecule has 2 heterocycles. The number of rotatable bonds is 2. The second-order valence-electron chi connectivity index (χ2n) is 3.38. The SMILES string of the molecule is O=C(C=Cc1ccco1)N1CCCC1. The monoisotopic (exact) mass is 191 g/mol. The molecule has 0 radical (unpaired) electrons. The van der Waals surface area contributed by atoms with Crippen LogP contribution in [0, 0.1) is 0 Å². The Morgan fingerprint density at radius 2 is 2.21 bits per heavy atom. The number of hydrogen-bond donors (Lipinski definition) is 0. The van der Waals surface area contributed by atoms with Crippen LogP contribution in [-0.4, -0.2) is 23.9 Å². The molecule has 1 amide bonds. The summed E-state index contributed by atoms with van der Waals surface area (Å²) in [6, 6.07) is 3.63. The minimum Gasteiger partial charge on any atom is -0.465 e. The van der Waals surface area contributed by atoms with E-state index in [0.29, 0.717) is 0 Å². The normalized spacial score (nSPS) is 16.7. The molecule has 1 aromatic rings. The zero-order valence-electron chi connectivity index (χ0n) is 7.98. The molecule has 3 nitrogen and oxygen atoms in total. The molecule has 2 rings (SSSR count). The largest absolute Gasteiger partial charge is 0.465 e. The first-order valence-corrected chi connectivity index (χ1v) is 4.87. The van der Waals surface area contributed by atoms with E-state index in [-0.39, 0.29) is 5.91 Å². The molecule has 0 aromatic carbocycles. The van der Waals surface area contributed by atoms with Crippen LogP contribution in [0.15, 0.2) is 28.9 Å². The number of carbonyl (C=O) groups excluding carboxylic acids is 1. The van der Waals surface area contributed by atoms with Gasteiger partial charge in [0.05, 0.1) is 6.26 Å². The first-order valence-electron chi connectivity index (χ1n) is 4.87. The van der Waals surface area contributed by atoms with Crippen molar-refractivity contribution in [3.05, 3.63) is 30.2 Å². The van der Waals surface area contributed by atoms with Gasteiger partial charge < -0.3 is 9.32 Å². The molecule has 0 aliphatic carbocycles. The van der Waals surface area contributed by atoms with Gasteiger partial charge in [0, 0.05) is 19.2 Å². The molecule has 0 unspecified atom stereocenters. The van der Waals surface area contributed by atoms with Gasteiger partial charge in [-0.25, -0.2) is 0 Å². The van der Waals surface area contributed by atoms with E-state index in [2.05, 4.69) is 0 Å². The summed E-state index contributed by atoms with van der Waals surface area (Å²) in [6.45, 7) is 1.78. The van der Waals surface area contributed by atoms with Crippen molar-refractivity contribution in [1.82, 2.24) is 4.90 Å². The van der Waals surface area contributed by atoms with Gasteiger partial charge in [-0.2, -0.15) is 0 Å². The Morgan fingerprint density at radius 3 is 2.86 bits per heavy atom. The fraction of sp³-hybridized carbons (Fsp3) is 0.364. The molecule has 1 fully saturated rings. The molecule has 0 N–H and O–H groups in total. The average Bonchev–Trinajstić information content (AvgIpc) is 2.87. The Balaban J connectivity index is 1.93. The maximum absolute atomic E-state index is 11.5. The third kappa shape index (κ3) is 2.05. The van der Waals surface area contributed by atoms with E-state index in [0.717, 1.165) is 31.7 Å². The predicted octanol–water partition coefficient (Wildman–Crippen LogP) is 1.92. The van der Waals surface area contributed by atoms with Gasteiger partial charge in [0.1, 0.15) is 5.76 Å². The molecule has 14 heavy (non-hydrogen) atoms. The standard InChI is InChI=1S/C11H13NO2/c13-11(12-7-1-2-8-12)6-5-10-4-3-9-14-10/h3-6,9H,1-2,7-8H2. The summed E-state index contributed by atoms with van der Waals surface area (Å²) < 4.78 is 5.09. The lowest BCUT2D eigenvalue weighted by atomic mass is 10.3. The van der Waals surface area contributed by atoms with Crippen LogP contribution in [0.2, 0.25) is 0 Å². The second kappa shape index (κ2) is 4.13. The summed E-state index contributed by atoms with van der Waals surface area (Å²) in [5.74, 6) is 0.802. The van der Waals surface area contributed by atoms with E-state index in [1.807, 2.05) is 11.0 Å². The highest BCUT2D eigenvalue weighted by atomic mass is 16.3. The van der Waals surface area contributed by atoms with Gasteiger partial charge in [0.2, 0.25) is 5.91 Å². The highest BCUT2D eigenvalue weighted by Crippen LogP contribution is 2.09. The average molecular weight is 191 g/mol. The molecular formula is C11H13NO2. The molecule has 0 saturated carbocycles. The Kier molecular flexibility index (Phi) is 2.68. The summed E-state index contributed by atoms with van der Waals surface area (Å²) in [4.78, 5) is 13.4. The van der Waals surface area contributed by atoms with Crippen LogP contribution in [0.5, 0.6) is 0 Å². The van der Waals surface area contributed by atoms with Crippen molar-refractivity contribution >= 4 is 12.0 Å². The zero-order valence-corrected chi connectivity index (χ0v) is 7.98. The number of nitrogens with zero attached hydrogens (tertiary/aromatic N) is 1. The lowest BCUT2D eigenvalue weighted by Crippen LogP contribution is -2.25. The molecule has 3 heteroatoms. The van der Waals surface area contributed by atoms with Crippen LogP contribution >= 0.6 is 0 Å². The van der Waals surface area contributed by atoms with Gasteiger partial charge in [0.15, 0.2) is 0 Å². The Morgan fingerprint density at radius 1 is 1.43 bits per heavy atom. The molecular weight excluding hydrogens is 178 g/mol. The summed E-state index contributed by atoms with van der Waals surface area (Å²) in [5.41, 5.74) is 0. The fourth-order valence-corrected chi connectivity index (χ4v) is 1.58. The molecule has 1 aliphatic rings. The van der Waals surface area contributed by atoms with Gasteiger partial charge in [-0.05, 0) is 31.1 Å². The Hall–Kier alpha value is -1.51. The first-order chi connectivity index (χ1) is 6.86. The van der Waals surface area contributed by atoms with Crippen LogP contribution in [-0.2, 0) is 4.79 Å². The third-order valence-electron chi connectivity index (χ3n) is 2.35. The van der Waals surface area contributed by atoms with Gasteiger partial charge in [0.25, 0.3) is 0 Å². The Labute approximate surface area is 83.0 Å². The van der Waals surface area contributed by atoms with Crippen molar-refractivity contribution in [2.24, 2.45) is 0 Å². The highest BCUT2D eigenvalue weighted by Gasteiger charge is 2.14. The fourth-order valence-electron chi connectivity index (χ4n) is 1.58.